The molecule has 0 radical (unpaired) electrons. The van der Waals surface area contributed by atoms with E-state index in [0.717, 1.165) is 5.01 Å². The zero-order chi connectivity index (χ0) is 19.8. The molecule has 27 heavy (non-hydrogen) atoms. The van der Waals surface area contributed by atoms with Gasteiger partial charge in [0, 0.05) is 18.8 Å². The number of amides is 5. The van der Waals surface area contributed by atoms with Crippen molar-refractivity contribution in [1.82, 2.24) is 15.3 Å². The molecular weight excluding hydrogens is 356 g/mol. The molecular formula is C17H22N4O6. The van der Waals surface area contributed by atoms with Gasteiger partial charge in [-0.2, -0.15) is 0 Å². The largest absolute Gasteiger partial charge is 0.462 e. The highest BCUT2D eigenvalue weighted by Crippen LogP contribution is 2.16. The highest BCUT2D eigenvalue weighted by atomic mass is 16.5. The van der Waals surface area contributed by atoms with Crippen molar-refractivity contribution in [3.8, 4) is 0 Å². The molecule has 0 aromatic heterocycles. The van der Waals surface area contributed by atoms with Crippen LogP contribution in [0.1, 0.15) is 30.6 Å². The summed E-state index contributed by atoms with van der Waals surface area (Å²) in [7, 11) is 0. The molecule has 1 aliphatic rings. The number of ether oxygens (including phenoxy) is 2. The van der Waals surface area contributed by atoms with E-state index in [2.05, 4.69) is 15.4 Å². The van der Waals surface area contributed by atoms with Crippen molar-refractivity contribution in [1.29, 1.82) is 0 Å². The van der Waals surface area contributed by atoms with E-state index in [4.69, 9.17) is 4.74 Å². The number of esters is 1. The van der Waals surface area contributed by atoms with E-state index in [0.29, 0.717) is 24.2 Å². The highest BCUT2D eigenvalue weighted by molar-refractivity contribution is 5.96. The summed E-state index contributed by atoms with van der Waals surface area (Å²) >= 11 is 0. The highest BCUT2D eigenvalue weighted by Gasteiger charge is 2.32. The molecule has 0 saturated carbocycles. The first kappa shape index (κ1) is 20.0. The van der Waals surface area contributed by atoms with E-state index in [1.807, 2.05) is 0 Å². The number of anilines is 1. The van der Waals surface area contributed by atoms with Crippen molar-refractivity contribution in [2.75, 3.05) is 31.6 Å². The number of hydrogen-bond acceptors (Lipinski definition) is 6. The number of benzene rings is 1. The minimum Gasteiger partial charge on any atom is -0.462 e. The number of hydrazine groups is 1. The van der Waals surface area contributed by atoms with Crippen LogP contribution in [0.25, 0.3) is 0 Å². The molecule has 0 spiro atoms. The van der Waals surface area contributed by atoms with E-state index in [9.17, 15) is 19.2 Å². The first-order valence-electron chi connectivity index (χ1n) is 8.57. The van der Waals surface area contributed by atoms with E-state index in [1.54, 1.807) is 32.0 Å². The van der Waals surface area contributed by atoms with Crippen molar-refractivity contribution in [3.63, 3.8) is 0 Å². The molecule has 5 amide bonds. The fraction of sp³-hybridized carbons (Fsp3) is 0.412. The normalized spacial score (nSPS) is 13.1. The van der Waals surface area contributed by atoms with E-state index >= 15 is 0 Å². The monoisotopic (exact) mass is 378 g/mol. The molecule has 0 unspecified atom stereocenters. The van der Waals surface area contributed by atoms with Crippen LogP contribution in [0.5, 0.6) is 0 Å². The number of carbonyl (C=O) groups is 4. The van der Waals surface area contributed by atoms with Gasteiger partial charge >= 0.3 is 24.1 Å². The van der Waals surface area contributed by atoms with Gasteiger partial charge in [0.1, 0.15) is 0 Å². The zero-order valence-electron chi connectivity index (χ0n) is 15.2. The summed E-state index contributed by atoms with van der Waals surface area (Å²) in [6, 6.07) is 4.96. The van der Waals surface area contributed by atoms with Gasteiger partial charge in [0.2, 0.25) is 0 Å². The number of nitrogens with zero attached hydrogens (tertiary/aromatic N) is 2. The first-order chi connectivity index (χ1) is 13.0. The van der Waals surface area contributed by atoms with Crippen LogP contribution in [0.4, 0.5) is 20.1 Å². The number of urea groups is 2. The Morgan fingerprint density at radius 1 is 1.00 bits per heavy atom. The molecule has 1 heterocycles. The number of imide groups is 1. The van der Waals surface area contributed by atoms with Gasteiger partial charge in [0.15, 0.2) is 0 Å². The molecule has 10 nitrogen and oxygen atoms in total. The minimum absolute atomic E-state index is 0.125. The van der Waals surface area contributed by atoms with E-state index in [-0.39, 0.29) is 19.8 Å². The predicted octanol–water partition coefficient (Wildman–Crippen LogP) is 2.18. The lowest BCUT2D eigenvalue weighted by atomic mass is 10.2. The molecule has 2 N–H and O–H groups in total. The van der Waals surface area contributed by atoms with Crippen LogP contribution in [0.2, 0.25) is 0 Å². The van der Waals surface area contributed by atoms with Gasteiger partial charge in [-0.1, -0.05) is 6.07 Å². The Hall–Kier alpha value is -3.30. The van der Waals surface area contributed by atoms with Crippen molar-refractivity contribution in [3.05, 3.63) is 29.8 Å². The number of carbonyl (C=O) groups excluding carboxylic acids is 4. The van der Waals surface area contributed by atoms with E-state index in [1.165, 1.54) is 11.1 Å². The molecule has 1 aromatic carbocycles. The zero-order valence-corrected chi connectivity index (χ0v) is 15.2. The Bertz CT molecular complexity index is 723. The molecule has 2 rings (SSSR count). The number of rotatable bonds is 4. The van der Waals surface area contributed by atoms with Crippen molar-refractivity contribution in [2.24, 2.45) is 0 Å². The van der Waals surface area contributed by atoms with Crippen LogP contribution in [0.3, 0.4) is 0 Å². The topological polar surface area (TPSA) is 117 Å². The lowest BCUT2D eigenvalue weighted by Crippen LogP contribution is -2.51. The standard InChI is InChI=1S/C17H22N4O6/c1-3-26-14(22)12-7-5-8-13(11-12)18-15(23)20-9-6-10-21(20)16(24)19-17(25)27-4-2/h5,7-8,11H,3-4,6,9-10H2,1-2H3,(H,18,23)(H,19,24,25). The molecule has 0 aliphatic carbocycles. The maximum Gasteiger partial charge on any atom is 0.415 e. The minimum atomic E-state index is -0.878. The quantitative estimate of drug-likeness (QED) is 0.776. The SMILES string of the molecule is CCOC(=O)NC(=O)N1CCCN1C(=O)Nc1cccc(C(=O)OCC)c1. The molecule has 1 fully saturated rings. The predicted molar refractivity (Wildman–Crippen MR) is 95.0 cm³/mol. The lowest BCUT2D eigenvalue weighted by molar-refractivity contribution is 0.0526. The molecule has 10 heteroatoms. The van der Waals surface area contributed by atoms with Gasteiger partial charge in [0.05, 0.1) is 18.8 Å². The summed E-state index contributed by atoms with van der Waals surface area (Å²) in [4.78, 5) is 47.8. The van der Waals surface area contributed by atoms with Crippen LogP contribution in [-0.2, 0) is 9.47 Å². The van der Waals surface area contributed by atoms with Crippen LogP contribution >= 0.6 is 0 Å². The van der Waals surface area contributed by atoms with Crippen LogP contribution < -0.4 is 10.6 Å². The van der Waals surface area contributed by atoms with Gasteiger partial charge < -0.3 is 14.8 Å². The van der Waals surface area contributed by atoms with Gasteiger partial charge in [-0.05, 0) is 38.5 Å². The number of hydrogen-bond donors (Lipinski definition) is 2. The fourth-order valence-electron chi connectivity index (χ4n) is 2.48. The van der Waals surface area contributed by atoms with Gasteiger partial charge in [-0.3, -0.25) is 0 Å². The summed E-state index contributed by atoms with van der Waals surface area (Å²) in [5.74, 6) is -0.495. The Kier molecular flexibility index (Phi) is 6.98. The summed E-state index contributed by atoms with van der Waals surface area (Å²) in [6.45, 7) is 4.27. The van der Waals surface area contributed by atoms with Gasteiger partial charge in [0.25, 0.3) is 0 Å². The lowest BCUT2D eigenvalue weighted by Gasteiger charge is -2.27. The second-order valence-corrected chi connectivity index (χ2v) is 5.48. The first-order valence-corrected chi connectivity index (χ1v) is 8.57. The average molecular weight is 378 g/mol. The van der Waals surface area contributed by atoms with Crippen molar-refractivity contribution in [2.45, 2.75) is 20.3 Å². The van der Waals surface area contributed by atoms with E-state index < -0.39 is 24.1 Å². The average Bonchev–Trinajstić information content (AvgIpc) is 3.12. The Balaban J connectivity index is 2.02. The summed E-state index contributed by atoms with van der Waals surface area (Å²) in [5, 5.41) is 6.99. The molecule has 1 aliphatic heterocycles. The molecule has 0 bridgehead atoms. The molecule has 1 saturated heterocycles. The third-order valence-electron chi connectivity index (χ3n) is 3.61. The number of alkyl carbamates (subject to hydrolysis) is 1. The molecule has 0 atom stereocenters. The third-order valence-corrected chi connectivity index (χ3v) is 3.61. The van der Waals surface area contributed by atoms with Crippen molar-refractivity contribution >= 4 is 29.8 Å². The summed E-state index contributed by atoms with van der Waals surface area (Å²) < 4.78 is 9.58. The molecule has 146 valence electrons. The Labute approximate surface area is 156 Å². The number of nitrogens with one attached hydrogen (secondary N) is 2. The third kappa shape index (κ3) is 5.33. The van der Waals surface area contributed by atoms with Gasteiger partial charge in [-0.15, -0.1) is 0 Å². The maximum absolute atomic E-state index is 12.5. The van der Waals surface area contributed by atoms with Gasteiger partial charge in [-0.25, -0.2) is 34.5 Å². The summed E-state index contributed by atoms with van der Waals surface area (Å²) in [5.41, 5.74) is 0.677. The van der Waals surface area contributed by atoms with Crippen LogP contribution in [0, 0.1) is 0 Å². The smallest absolute Gasteiger partial charge is 0.415 e. The Morgan fingerprint density at radius 3 is 2.33 bits per heavy atom. The van der Waals surface area contributed by atoms with Crippen LogP contribution in [-0.4, -0.2) is 60.4 Å². The second kappa shape index (κ2) is 9.41. The maximum atomic E-state index is 12.5. The van der Waals surface area contributed by atoms with Crippen molar-refractivity contribution < 1.29 is 28.7 Å². The summed E-state index contributed by atoms with van der Waals surface area (Å²) in [6.07, 6.45) is -0.316. The van der Waals surface area contributed by atoms with Crippen LogP contribution in [0.15, 0.2) is 24.3 Å². The second-order valence-electron chi connectivity index (χ2n) is 5.48. The molecule has 1 aromatic rings. The fourth-order valence-corrected chi connectivity index (χ4v) is 2.48. The Morgan fingerprint density at radius 2 is 1.67 bits per heavy atom.